The minimum Gasteiger partial charge on any atom is -0.309 e. The number of aromatic nitrogens is 3. The quantitative estimate of drug-likeness (QED) is 0.792. The summed E-state index contributed by atoms with van der Waals surface area (Å²) >= 11 is 9.25. The lowest BCUT2D eigenvalue weighted by molar-refractivity contribution is 0.592. The molecule has 5 heteroatoms. The molecule has 0 aliphatic heterocycles. The number of imidazole rings is 1. The number of rotatable bonds is 2. The molecule has 0 aliphatic rings. The molecule has 80 valence electrons. The Kier molecular flexibility index (Phi) is 2.98. The summed E-state index contributed by atoms with van der Waals surface area (Å²) in [7, 11) is 0. The number of halogens is 2. The minimum absolute atomic E-state index is 0.317. The van der Waals surface area contributed by atoms with E-state index in [1.165, 1.54) is 0 Å². The van der Waals surface area contributed by atoms with Crippen LogP contribution in [0.3, 0.4) is 0 Å². The van der Waals surface area contributed by atoms with Crippen LogP contribution >= 0.6 is 27.5 Å². The summed E-state index contributed by atoms with van der Waals surface area (Å²) in [5.74, 6) is 1.28. The number of nitrogens with zero attached hydrogens (tertiary/aromatic N) is 3. The van der Waals surface area contributed by atoms with Gasteiger partial charge in [-0.1, -0.05) is 0 Å². The molecule has 0 saturated carbocycles. The van der Waals surface area contributed by atoms with E-state index in [1.807, 2.05) is 6.07 Å². The summed E-state index contributed by atoms with van der Waals surface area (Å²) in [6.07, 6.45) is 1.78. The average Bonchev–Trinajstić information content (AvgIpc) is 2.54. The second kappa shape index (κ2) is 4.10. The molecule has 0 bridgehead atoms. The van der Waals surface area contributed by atoms with Gasteiger partial charge in [0.2, 0.25) is 0 Å². The van der Waals surface area contributed by atoms with Gasteiger partial charge in [-0.25, -0.2) is 9.97 Å². The topological polar surface area (TPSA) is 30.7 Å². The lowest BCUT2D eigenvalue weighted by Crippen LogP contribution is -2.05. The molecular formula is C10H11BrClN3. The number of fused-ring (bicyclic) bond motifs is 1. The largest absolute Gasteiger partial charge is 0.309 e. The van der Waals surface area contributed by atoms with Crippen LogP contribution in [0.2, 0.25) is 0 Å². The van der Waals surface area contributed by atoms with Gasteiger partial charge in [-0.2, -0.15) is 0 Å². The standard InChI is InChI=1S/C10H11BrClN3/c1-6(2)15-9(4-12)14-8-3-7(11)5-13-10(8)15/h3,5-6H,4H2,1-2H3. The van der Waals surface area contributed by atoms with Crippen molar-refractivity contribution in [1.29, 1.82) is 0 Å². The Morgan fingerprint density at radius 1 is 1.53 bits per heavy atom. The van der Waals surface area contributed by atoms with E-state index in [9.17, 15) is 0 Å². The first kappa shape index (κ1) is 10.9. The van der Waals surface area contributed by atoms with Crippen LogP contribution in [0.25, 0.3) is 11.2 Å². The maximum atomic E-state index is 5.86. The highest BCUT2D eigenvalue weighted by Crippen LogP contribution is 2.22. The van der Waals surface area contributed by atoms with E-state index in [-0.39, 0.29) is 0 Å². The van der Waals surface area contributed by atoms with E-state index >= 15 is 0 Å². The van der Waals surface area contributed by atoms with Crippen molar-refractivity contribution in [2.24, 2.45) is 0 Å². The van der Waals surface area contributed by atoms with Crippen LogP contribution in [0.15, 0.2) is 16.7 Å². The lowest BCUT2D eigenvalue weighted by atomic mass is 10.3. The third-order valence-corrected chi connectivity index (χ3v) is 2.88. The molecule has 0 aliphatic carbocycles. The highest BCUT2D eigenvalue weighted by molar-refractivity contribution is 9.10. The monoisotopic (exact) mass is 287 g/mol. The molecule has 3 nitrogen and oxygen atoms in total. The number of pyridine rings is 1. The first-order valence-corrected chi connectivity index (χ1v) is 6.04. The maximum absolute atomic E-state index is 5.86. The smallest absolute Gasteiger partial charge is 0.160 e. The third-order valence-electron chi connectivity index (χ3n) is 2.21. The lowest BCUT2D eigenvalue weighted by Gasteiger charge is -2.10. The predicted molar refractivity (Wildman–Crippen MR) is 65.2 cm³/mol. The fourth-order valence-corrected chi connectivity index (χ4v) is 2.15. The Morgan fingerprint density at radius 3 is 2.87 bits per heavy atom. The van der Waals surface area contributed by atoms with Crippen LogP contribution in [0, 0.1) is 0 Å². The SMILES string of the molecule is CC(C)n1c(CCl)nc2cc(Br)cnc21. The molecule has 2 aromatic heterocycles. The zero-order valence-electron chi connectivity index (χ0n) is 8.54. The summed E-state index contributed by atoms with van der Waals surface area (Å²) in [5, 5.41) is 0. The molecule has 0 aromatic carbocycles. The summed E-state index contributed by atoms with van der Waals surface area (Å²) < 4.78 is 3.00. The van der Waals surface area contributed by atoms with E-state index in [0.29, 0.717) is 11.9 Å². The van der Waals surface area contributed by atoms with Gasteiger partial charge >= 0.3 is 0 Å². The molecule has 0 fully saturated rings. The highest BCUT2D eigenvalue weighted by atomic mass is 79.9. The van der Waals surface area contributed by atoms with Crippen molar-refractivity contribution < 1.29 is 0 Å². The van der Waals surface area contributed by atoms with Gasteiger partial charge in [0.25, 0.3) is 0 Å². The number of hydrogen-bond donors (Lipinski definition) is 0. The molecule has 2 heterocycles. The Hall–Kier alpha value is -0.610. The molecule has 0 saturated heterocycles. The second-order valence-electron chi connectivity index (χ2n) is 3.62. The van der Waals surface area contributed by atoms with Gasteiger partial charge in [0, 0.05) is 16.7 Å². The van der Waals surface area contributed by atoms with Gasteiger partial charge < -0.3 is 4.57 Å². The van der Waals surface area contributed by atoms with Gasteiger partial charge in [-0.3, -0.25) is 0 Å². The Balaban J connectivity index is 2.74. The highest BCUT2D eigenvalue weighted by Gasteiger charge is 2.13. The van der Waals surface area contributed by atoms with Crippen LogP contribution in [0.1, 0.15) is 25.7 Å². The zero-order chi connectivity index (χ0) is 11.0. The summed E-state index contributed by atoms with van der Waals surface area (Å²) in [4.78, 5) is 8.82. The number of alkyl halides is 1. The molecule has 0 atom stereocenters. The second-order valence-corrected chi connectivity index (χ2v) is 4.80. The van der Waals surface area contributed by atoms with E-state index < -0.39 is 0 Å². The molecule has 15 heavy (non-hydrogen) atoms. The molecule has 0 unspecified atom stereocenters. The molecule has 2 rings (SSSR count). The fourth-order valence-electron chi connectivity index (χ4n) is 1.64. The molecule has 0 radical (unpaired) electrons. The first-order valence-electron chi connectivity index (χ1n) is 4.71. The van der Waals surface area contributed by atoms with E-state index in [1.54, 1.807) is 6.20 Å². The van der Waals surface area contributed by atoms with Crippen molar-refractivity contribution in [2.75, 3.05) is 0 Å². The van der Waals surface area contributed by atoms with E-state index in [4.69, 9.17) is 11.6 Å². The van der Waals surface area contributed by atoms with Crippen LogP contribution in [0.5, 0.6) is 0 Å². The normalized spacial score (nSPS) is 11.5. The Morgan fingerprint density at radius 2 is 2.27 bits per heavy atom. The zero-order valence-corrected chi connectivity index (χ0v) is 10.9. The van der Waals surface area contributed by atoms with Crippen LogP contribution in [0.4, 0.5) is 0 Å². The number of hydrogen-bond acceptors (Lipinski definition) is 2. The Labute approximate surface area is 102 Å². The van der Waals surface area contributed by atoms with E-state index in [0.717, 1.165) is 21.5 Å². The van der Waals surface area contributed by atoms with Crippen LogP contribution < -0.4 is 0 Å². The van der Waals surface area contributed by atoms with E-state index in [2.05, 4.69) is 44.3 Å². The summed E-state index contributed by atoms with van der Waals surface area (Å²) in [6.45, 7) is 4.20. The first-order chi connectivity index (χ1) is 7.13. The molecule has 2 aromatic rings. The summed E-state index contributed by atoms with van der Waals surface area (Å²) in [6, 6.07) is 2.27. The van der Waals surface area contributed by atoms with Crippen molar-refractivity contribution >= 4 is 38.7 Å². The van der Waals surface area contributed by atoms with Crippen molar-refractivity contribution in [3.8, 4) is 0 Å². The van der Waals surface area contributed by atoms with Gasteiger partial charge in [0.1, 0.15) is 11.3 Å². The van der Waals surface area contributed by atoms with Crippen LogP contribution in [-0.2, 0) is 5.88 Å². The summed E-state index contributed by atoms with van der Waals surface area (Å²) in [5.41, 5.74) is 1.78. The molecule has 0 amide bonds. The molecule has 0 spiro atoms. The van der Waals surface area contributed by atoms with Gasteiger partial charge in [0.05, 0.1) is 5.88 Å². The van der Waals surface area contributed by atoms with Crippen LogP contribution in [-0.4, -0.2) is 14.5 Å². The fraction of sp³-hybridized carbons (Fsp3) is 0.400. The Bertz CT molecular complexity index is 493. The molecular weight excluding hydrogens is 277 g/mol. The minimum atomic E-state index is 0.317. The van der Waals surface area contributed by atoms with Crippen molar-refractivity contribution in [1.82, 2.24) is 14.5 Å². The van der Waals surface area contributed by atoms with Gasteiger partial charge in [0.15, 0.2) is 5.65 Å². The molecule has 0 N–H and O–H groups in total. The average molecular weight is 289 g/mol. The van der Waals surface area contributed by atoms with Crippen molar-refractivity contribution in [3.05, 3.63) is 22.6 Å². The predicted octanol–water partition coefficient (Wildman–Crippen LogP) is 3.51. The van der Waals surface area contributed by atoms with Gasteiger partial charge in [-0.15, -0.1) is 11.6 Å². The van der Waals surface area contributed by atoms with Crippen molar-refractivity contribution in [2.45, 2.75) is 25.8 Å². The maximum Gasteiger partial charge on any atom is 0.160 e. The van der Waals surface area contributed by atoms with Gasteiger partial charge in [-0.05, 0) is 35.8 Å². The third kappa shape index (κ3) is 1.88. The van der Waals surface area contributed by atoms with Crippen molar-refractivity contribution in [3.63, 3.8) is 0 Å².